The number of benzene rings is 2. The second-order valence-electron chi connectivity index (χ2n) is 6.37. The summed E-state index contributed by atoms with van der Waals surface area (Å²) in [5, 5.41) is 28.9. The van der Waals surface area contributed by atoms with Crippen molar-refractivity contribution in [1.82, 2.24) is 5.32 Å². The Morgan fingerprint density at radius 1 is 0.862 bits per heavy atom. The number of nitrogens with one attached hydrogen (secondary N) is 1. The number of carbonyl (C=O) groups is 3. The second kappa shape index (κ2) is 12.3. The summed E-state index contributed by atoms with van der Waals surface area (Å²) in [6.07, 6.45) is 0.952. The lowest BCUT2D eigenvalue weighted by Gasteiger charge is -2.17. The Hall–Kier alpha value is -3.23. The van der Waals surface area contributed by atoms with Crippen LogP contribution < -0.4 is 11.1 Å². The highest BCUT2D eigenvalue weighted by molar-refractivity contribution is 5.77. The normalized spacial score (nSPS) is 13.3. The largest absolute Gasteiger partial charge is 0.480 e. The van der Waals surface area contributed by atoms with Crippen LogP contribution in [0, 0.1) is 0 Å². The average Bonchev–Trinajstić information content (AvgIpc) is 2.71. The van der Waals surface area contributed by atoms with Gasteiger partial charge in [-0.25, -0.2) is 0 Å². The van der Waals surface area contributed by atoms with Gasteiger partial charge in [0.25, 0.3) is 0 Å². The lowest BCUT2D eigenvalue weighted by molar-refractivity contribution is -0.142. The van der Waals surface area contributed by atoms with Crippen molar-refractivity contribution in [2.45, 2.75) is 37.9 Å². The molecule has 2 aromatic carbocycles. The molecule has 0 fully saturated rings. The Morgan fingerprint density at radius 2 is 1.38 bits per heavy atom. The minimum atomic E-state index is -1.05. The van der Waals surface area contributed by atoms with E-state index in [1.165, 1.54) is 6.92 Å². The zero-order valence-electron chi connectivity index (χ0n) is 16.1. The van der Waals surface area contributed by atoms with Gasteiger partial charge < -0.3 is 21.1 Å². The van der Waals surface area contributed by atoms with Gasteiger partial charge in [-0.2, -0.15) is 0 Å². The summed E-state index contributed by atoms with van der Waals surface area (Å²) in [4.78, 5) is 32.1. The van der Waals surface area contributed by atoms with Crippen LogP contribution in [-0.4, -0.2) is 45.3 Å². The number of aliphatic carboxylic acids is 3. The maximum atomic E-state index is 11.0. The zero-order chi connectivity index (χ0) is 21.8. The Labute approximate surface area is 169 Å². The van der Waals surface area contributed by atoms with Crippen LogP contribution in [0.1, 0.15) is 30.5 Å². The van der Waals surface area contributed by atoms with Crippen LogP contribution in [-0.2, 0) is 20.8 Å². The van der Waals surface area contributed by atoms with E-state index in [9.17, 15) is 14.4 Å². The van der Waals surface area contributed by atoms with Crippen molar-refractivity contribution in [3.8, 4) is 0 Å². The van der Waals surface area contributed by atoms with Crippen LogP contribution in [0.4, 0.5) is 0 Å². The van der Waals surface area contributed by atoms with Crippen LogP contribution in [0.5, 0.6) is 0 Å². The summed E-state index contributed by atoms with van der Waals surface area (Å²) >= 11 is 0. The SMILES string of the molecule is C[C@@H](N[C@@H](CCc1ccccc1)C(=O)O)C(=O)O.N[C@H](C(=O)O)c1ccccc1. The number of hydrogen-bond donors (Lipinski definition) is 5. The van der Waals surface area contributed by atoms with Gasteiger partial charge in [0, 0.05) is 0 Å². The molecule has 8 nitrogen and oxygen atoms in total. The molecule has 2 rings (SSSR count). The molecule has 0 aliphatic rings. The second-order valence-corrected chi connectivity index (χ2v) is 6.37. The van der Waals surface area contributed by atoms with E-state index in [2.05, 4.69) is 5.32 Å². The average molecular weight is 402 g/mol. The van der Waals surface area contributed by atoms with Gasteiger partial charge in [-0.3, -0.25) is 19.7 Å². The molecule has 2 aromatic rings. The van der Waals surface area contributed by atoms with Crippen molar-refractivity contribution in [2.24, 2.45) is 5.73 Å². The van der Waals surface area contributed by atoms with E-state index in [-0.39, 0.29) is 0 Å². The van der Waals surface area contributed by atoms with E-state index in [1.54, 1.807) is 24.3 Å². The Balaban J connectivity index is 0.000000326. The summed E-state index contributed by atoms with van der Waals surface area (Å²) in [5.41, 5.74) is 7.00. The molecule has 0 heterocycles. The fraction of sp³-hybridized carbons (Fsp3) is 0.286. The molecule has 0 bridgehead atoms. The molecule has 29 heavy (non-hydrogen) atoms. The minimum absolute atomic E-state index is 0.358. The van der Waals surface area contributed by atoms with Crippen molar-refractivity contribution in [3.63, 3.8) is 0 Å². The number of aryl methyl sites for hydroxylation is 1. The molecule has 0 aromatic heterocycles. The number of hydrogen-bond acceptors (Lipinski definition) is 5. The van der Waals surface area contributed by atoms with Gasteiger partial charge in [-0.1, -0.05) is 60.7 Å². The van der Waals surface area contributed by atoms with Crippen molar-refractivity contribution >= 4 is 17.9 Å². The molecule has 0 aliphatic carbocycles. The molecule has 0 radical (unpaired) electrons. The minimum Gasteiger partial charge on any atom is -0.480 e. The Kier molecular flexibility index (Phi) is 10.1. The monoisotopic (exact) mass is 402 g/mol. The summed E-state index contributed by atoms with van der Waals surface area (Å²) in [5.74, 6) is -3.09. The molecule has 0 spiro atoms. The van der Waals surface area contributed by atoms with Crippen LogP contribution in [0.3, 0.4) is 0 Å². The summed E-state index contributed by atoms with van der Waals surface area (Å²) in [6.45, 7) is 1.43. The van der Waals surface area contributed by atoms with E-state index in [0.717, 1.165) is 5.56 Å². The van der Waals surface area contributed by atoms with Crippen molar-refractivity contribution in [3.05, 3.63) is 71.8 Å². The number of carboxylic acid groups (broad SMARTS) is 3. The molecule has 0 saturated carbocycles. The topological polar surface area (TPSA) is 150 Å². The molecule has 156 valence electrons. The molecule has 3 atom stereocenters. The highest BCUT2D eigenvalue weighted by Gasteiger charge is 2.22. The molecule has 0 aliphatic heterocycles. The van der Waals surface area contributed by atoms with Gasteiger partial charge in [-0.05, 0) is 30.9 Å². The first-order valence-electron chi connectivity index (χ1n) is 9.01. The van der Waals surface area contributed by atoms with Crippen LogP contribution in [0.15, 0.2) is 60.7 Å². The number of nitrogens with two attached hydrogens (primary N) is 1. The fourth-order valence-corrected chi connectivity index (χ4v) is 2.41. The van der Waals surface area contributed by atoms with Gasteiger partial charge in [0.05, 0.1) is 0 Å². The maximum absolute atomic E-state index is 11.0. The lowest BCUT2D eigenvalue weighted by atomic mass is 10.0. The third kappa shape index (κ3) is 9.00. The van der Waals surface area contributed by atoms with Gasteiger partial charge in [0.2, 0.25) is 0 Å². The van der Waals surface area contributed by atoms with E-state index >= 15 is 0 Å². The molecule has 0 saturated heterocycles. The molecular formula is C21H26N2O6. The first-order chi connectivity index (χ1) is 13.7. The third-order valence-electron chi connectivity index (χ3n) is 4.11. The quantitative estimate of drug-likeness (QED) is 0.427. The van der Waals surface area contributed by atoms with Crippen LogP contribution in [0.2, 0.25) is 0 Å². The lowest BCUT2D eigenvalue weighted by Crippen LogP contribution is -2.45. The maximum Gasteiger partial charge on any atom is 0.325 e. The van der Waals surface area contributed by atoms with Crippen LogP contribution >= 0.6 is 0 Å². The van der Waals surface area contributed by atoms with Gasteiger partial charge in [0.1, 0.15) is 18.1 Å². The fourth-order valence-electron chi connectivity index (χ4n) is 2.41. The van der Waals surface area contributed by atoms with Crippen LogP contribution in [0.25, 0.3) is 0 Å². The smallest absolute Gasteiger partial charge is 0.325 e. The summed E-state index contributed by atoms with van der Waals surface area (Å²) < 4.78 is 0. The number of rotatable bonds is 9. The van der Waals surface area contributed by atoms with E-state index < -0.39 is 36.0 Å². The first-order valence-corrected chi connectivity index (χ1v) is 9.01. The standard InChI is InChI=1S/C13H17NO4.C8H9NO2/c1-9(12(15)16)14-11(13(17)18)8-7-10-5-3-2-4-6-10;9-7(8(10)11)6-4-2-1-3-5-6/h2-6,9,11,14H,7-8H2,1H3,(H,15,16)(H,17,18);1-5,7H,9H2,(H,10,11)/t9-,11+;7-/m10/s1. The van der Waals surface area contributed by atoms with Gasteiger partial charge >= 0.3 is 17.9 Å². The zero-order valence-corrected chi connectivity index (χ0v) is 16.1. The summed E-state index contributed by atoms with van der Waals surface area (Å²) in [6, 6.07) is 15.6. The number of carboxylic acids is 3. The molecular weight excluding hydrogens is 376 g/mol. The Morgan fingerprint density at radius 3 is 1.83 bits per heavy atom. The molecule has 8 heteroatoms. The summed E-state index contributed by atoms with van der Waals surface area (Å²) in [7, 11) is 0. The van der Waals surface area contributed by atoms with Gasteiger partial charge in [0.15, 0.2) is 0 Å². The van der Waals surface area contributed by atoms with E-state index in [0.29, 0.717) is 18.4 Å². The third-order valence-corrected chi connectivity index (χ3v) is 4.11. The van der Waals surface area contributed by atoms with E-state index in [1.807, 2.05) is 36.4 Å². The van der Waals surface area contributed by atoms with Crippen molar-refractivity contribution < 1.29 is 29.7 Å². The predicted molar refractivity (Wildman–Crippen MR) is 107 cm³/mol. The highest BCUT2D eigenvalue weighted by Crippen LogP contribution is 2.08. The van der Waals surface area contributed by atoms with E-state index in [4.69, 9.17) is 21.1 Å². The molecule has 0 unspecified atom stereocenters. The molecule has 0 amide bonds. The predicted octanol–water partition coefficient (Wildman–Crippen LogP) is 1.91. The highest BCUT2D eigenvalue weighted by atomic mass is 16.4. The molecule has 6 N–H and O–H groups in total. The first kappa shape index (κ1) is 23.8. The Bertz CT molecular complexity index is 782. The van der Waals surface area contributed by atoms with Crippen molar-refractivity contribution in [2.75, 3.05) is 0 Å². The van der Waals surface area contributed by atoms with Gasteiger partial charge in [-0.15, -0.1) is 0 Å². The van der Waals surface area contributed by atoms with Crippen molar-refractivity contribution in [1.29, 1.82) is 0 Å².